The molecule has 0 aliphatic heterocycles. The molecule has 23 heavy (non-hydrogen) atoms. The fourth-order valence-corrected chi connectivity index (χ4v) is 3.80. The van der Waals surface area contributed by atoms with Crippen LogP contribution in [0.1, 0.15) is 32.1 Å². The summed E-state index contributed by atoms with van der Waals surface area (Å²) in [5.41, 5.74) is 16.4. The van der Waals surface area contributed by atoms with E-state index in [2.05, 4.69) is 9.98 Å². The quantitative estimate of drug-likeness (QED) is 0.332. The summed E-state index contributed by atoms with van der Waals surface area (Å²) >= 11 is 1.65. The van der Waals surface area contributed by atoms with Crippen LogP contribution in [0.4, 0.5) is 11.4 Å². The Hall–Kier alpha value is -2.29. The van der Waals surface area contributed by atoms with Gasteiger partial charge in [0.1, 0.15) is 0 Å². The lowest BCUT2D eigenvalue weighted by Crippen LogP contribution is -2.26. The first kappa shape index (κ1) is 17.1. The van der Waals surface area contributed by atoms with E-state index in [9.17, 15) is 10.1 Å². The molecular formula is C14H20N6O2S. The average Bonchev–Trinajstić information content (AvgIpc) is 2.47. The standard InChI is InChI=1S/C14H20N6O2S/c15-13(16)19-14(17)18-9-6-10(20(21)22)8-12(7-9)23-11-4-2-1-3-5-11/h6-8,11H,1-5H2,(H6,15,16,17,18,19). The number of non-ortho nitro benzene ring substituents is 1. The van der Waals surface area contributed by atoms with Crippen LogP contribution in [0.15, 0.2) is 33.1 Å². The number of nitrogens with zero attached hydrogens (tertiary/aromatic N) is 3. The molecule has 1 saturated carbocycles. The van der Waals surface area contributed by atoms with Crippen LogP contribution in [0, 0.1) is 10.1 Å². The lowest BCUT2D eigenvalue weighted by molar-refractivity contribution is -0.385. The van der Waals surface area contributed by atoms with Gasteiger partial charge in [0, 0.05) is 22.3 Å². The van der Waals surface area contributed by atoms with Gasteiger partial charge in [-0.2, -0.15) is 4.99 Å². The monoisotopic (exact) mass is 336 g/mol. The van der Waals surface area contributed by atoms with Crippen molar-refractivity contribution in [3.8, 4) is 0 Å². The van der Waals surface area contributed by atoms with E-state index in [1.807, 2.05) is 0 Å². The van der Waals surface area contributed by atoms with E-state index in [4.69, 9.17) is 17.2 Å². The summed E-state index contributed by atoms with van der Waals surface area (Å²) in [5.74, 6) is -0.354. The van der Waals surface area contributed by atoms with Gasteiger partial charge in [-0.25, -0.2) is 4.99 Å². The van der Waals surface area contributed by atoms with Gasteiger partial charge in [-0.3, -0.25) is 10.1 Å². The Morgan fingerprint density at radius 1 is 1.17 bits per heavy atom. The van der Waals surface area contributed by atoms with Gasteiger partial charge in [0.2, 0.25) is 5.96 Å². The Kier molecular flexibility index (Phi) is 5.80. The van der Waals surface area contributed by atoms with Crippen LogP contribution in [0.2, 0.25) is 0 Å². The molecule has 1 aromatic rings. The second-order valence-electron chi connectivity index (χ2n) is 5.33. The Morgan fingerprint density at radius 3 is 2.48 bits per heavy atom. The molecule has 124 valence electrons. The zero-order valence-corrected chi connectivity index (χ0v) is 13.5. The summed E-state index contributed by atoms with van der Waals surface area (Å²) in [6.07, 6.45) is 5.92. The molecule has 8 nitrogen and oxygen atoms in total. The van der Waals surface area contributed by atoms with Crippen LogP contribution in [0.5, 0.6) is 0 Å². The summed E-state index contributed by atoms with van der Waals surface area (Å²) in [7, 11) is 0. The minimum Gasteiger partial charge on any atom is -0.370 e. The van der Waals surface area contributed by atoms with Crippen molar-refractivity contribution in [2.24, 2.45) is 27.2 Å². The van der Waals surface area contributed by atoms with Gasteiger partial charge in [0.05, 0.1) is 10.6 Å². The van der Waals surface area contributed by atoms with Gasteiger partial charge in [-0.05, 0) is 18.9 Å². The summed E-state index contributed by atoms with van der Waals surface area (Å²) in [5, 5.41) is 11.6. The van der Waals surface area contributed by atoms with Gasteiger partial charge in [-0.1, -0.05) is 19.3 Å². The number of guanidine groups is 2. The molecular weight excluding hydrogens is 316 g/mol. The van der Waals surface area contributed by atoms with E-state index in [0.717, 1.165) is 17.7 Å². The second-order valence-corrected chi connectivity index (χ2v) is 6.70. The molecule has 6 N–H and O–H groups in total. The number of thioether (sulfide) groups is 1. The third-order valence-electron chi connectivity index (χ3n) is 3.43. The molecule has 2 rings (SSSR count). The molecule has 1 aliphatic carbocycles. The van der Waals surface area contributed by atoms with Crippen LogP contribution in [0.3, 0.4) is 0 Å². The van der Waals surface area contributed by atoms with Crippen molar-refractivity contribution in [1.82, 2.24) is 0 Å². The van der Waals surface area contributed by atoms with Crippen molar-refractivity contribution in [3.63, 3.8) is 0 Å². The van der Waals surface area contributed by atoms with Crippen molar-refractivity contribution in [1.29, 1.82) is 0 Å². The highest BCUT2D eigenvalue weighted by Crippen LogP contribution is 2.37. The fourth-order valence-electron chi connectivity index (χ4n) is 2.47. The molecule has 0 unspecified atom stereocenters. The third kappa shape index (κ3) is 5.44. The summed E-state index contributed by atoms with van der Waals surface area (Å²) in [6, 6.07) is 4.68. The Labute approximate surface area is 138 Å². The second kappa shape index (κ2) is 7.82. The molecule has 9 heteroatoms. The predicted molar refractivity (Wildman–Crippen MR) is 92.9 cm³/mol. The Balaban J connectivity index is 2.27. The average molecular weight is 336 g/mol. The maximum atomic E-state index is 11.1. The largest absolute Gasteiger partial charge is 0.370 e. The van der Waals surface area contributed by atoms with Crippen molar-refractivity contribution >= 4 is 35.1 Å². The number of nitrogens with two attached hydrogens (primary N) is 3. The summed E-state index contributed by atoms with van der Waals surface area (Å²) in [6.45, 7) is 0. The SMILES string of the molecule is NC(N)=NC(N)=Nc1cc(SC2CCCCC2)cc([N+](=O)[O-])c1. The molecule has 0 radical (unpaired) electrons. The zero-order valence-electron chi connectivity index (χ0n) is 12.6. The van der Waals surface area contributed by atoms with Crippen molar-refractivity contribution in [2.75, 3.05) is 0 Å². The number of rotatable bonds is 4. The summed E-state index contributed by atoms with van der Waals surface area (Å²) in [4.78, 5) is 19.1. The topological polar surface area (TPSA) is 146 Å². The van der Waals surface area contributed by atoms with Crippen molar-refractivity contribution in [2.45, 2.75) is 42.2 Å². The molecule has 0 spiro atoms. The van der Waals surface area contributed by atoms with E-state index in [1.54, 1.807) is 23.9 Å². The molecule has 0 bridgehead atoms. The lowest BCUT2D eigenvalue weighted by atomic mass is 10.0. The molecule has 0 saturated heterocycles. The fraction of sp³-hybridized carbons (Fsp3) is 0.429. The molecule has 0 aromatic heterocycles. The van der Waals surface area contributed by atoms with E-state index < -0.39 is 4.92 Å². The van der Waals surface area contributed by atoms with Crippen molar-refractivity contribution in [3.05, 3.63) is 28.3 Å². The van der Waals surface area contributed by atoms with Crippen LogP contribution >= 0.6 is 11.8 Å². The van der Waals surface area contributed by atoms with Gasteiger partial charge in [0.15, 0.2) is 5.96 Å². The first-order valence-electron chi connectivity index (χ1n) is 7.34. The number of hydrogen-bond acceptors (Lipinski definition) is 4. The first-order chi connectivity index (χ1) is 10.9. The zero-order chi connectivity index (χ0) is 16.8. The number of nitro benzene ring substituents is 1. The summed E-state index contributed by atoms with van der Waals surface area (Å²) < 4.78 is 0. The smallest absolute Gasteiger partial charge is 0.272 e. The highest BCUT2D eigenvalue weighted by molar-refractivity contribution is 8.00. The number of nitro groups is 1. The van der Waals surface area contributed by atoms with Gasteiger partial charge < -0.3 is 17.2 Å². The van der Waals surface area contributed by atoms with Gasteiger partial charge in [-0.15, -0.1) is 11.8 Å². The van der Waals surface area contributed by atoms with E-state index in [0.29, 0.717) is 10.9 Å². The van der Waals surface area contributed by atoms with Crippen LogP contribution in [-0.2, 0) is 0 Å². The van der Waals surface area contributed by atoms with Crippen LogP contribution in [-0.4, -0.2) is 22.1 Å². The molecule has 1 aromatic carbocycles. The van der Waals surface area contributed by atoms with Gasteiger partial charge >= 0.3 is 0 Å². The van der Waals surface area contributed by atoms with E-state index >= 15 is 0 Å². The normalized spacial score (nSPS) is 16.1. The number of aliphatic imine (C=N–C) groups is 2. The van der Waals surface area contributed by atoms with Gasteiger partial charge in [0.25, 0.3) is 5.69 Å². The minimum atomic E-state index is -0.444. The highest BCUT2D eigenvalue weighted by atomic mass is 32.2. The third-order valence-corrected chi connectivity index (χ3v) is 4.74. The van der Waals surface area contributed by atoms with Crippen LogP contribution < -0.4 is 17.2 Å². The molecule has 1 fully saturated rings. The number of benzene rings is 1. The maximum Gasteiger partial charge on any atom is 0.272 e. The highest BCUT2D eigenvalue weighted by Gasteiger charge is 2.17. The lowest BCUT2D eigenvalue weighted by Gasteiger charge is -2.20. The maximum absolute atomic E-state index is 11.1. The molecule has 0 atom stereocenters. The number of hydrogen-bond donors (Lipinski definition) is 3. The molecule has 0 heterocycles. The molecule has 1 aliphatic rings. The molecule has 0 amide bonds. The first-order valence-corrected chi connectivity index (χ1v) is 8.22. The van der Waals surface area contributed by atoms with E-state index in [-0.39, 0.29) is 17.6 Å². The van der Waals surface area contributed by atoms with Crippen molar-refractivity contribution < 1.29 is 4.92 Å². The Bertz CT molecular complexity index is 636. The predicted octanol–water partition coefficient (Wildman–Crippen LogP) is 2.24. The minimum absolute atomic E-state index is 0.0259. The van der Waals surface area contributed by atoms with Crippen LogP contribution in [0.25, 0.3) is 0 Å². The Morgan fingerprint density at radius 2 is 1.87 bits per heavy atom. The van der Waals surface area contributed by atoms with E-state index in [1.165, 1.54) is 25.3 Å².